The maximum absolute atomic E-state index is 8.60. The summed E-state index contributed by atoms with van der Waals surface area (Å²) in [6.45, 7) is 2.22. The second-order valence-corrected chi connectivity index (χ2v) is 6.00. The summed E-state index contributed by atoms with van der Waals surface area (Å²) in [4.78, 5) is 0. The summed E-state index contributed by atoms with van der Waals surface area (Å²) < 4.78 is 0. The molecule has 0 aliphatic heterocycles. The lowest BCUT2D eigenvalue weighted by molar-refractivity contribution is 0.342. The van der Waals surface area contributed by atoms with Gasteiger partial charge in [0, 0.05) is 0 Å². The molecule has 0 radical (unpaired) electrons. The highest BCUT2D eigenvalue weighted by Crippen LogP contribution is 2.02. The molecular weight excluding hydrogens is 304 g/mol. The predicted molar refractivity (Wildman–Crippen MR) is 114 cm³/mol. The van der Waals surface area contributed by atoms with E-state index < -0.39 is 0 Å². The molecule has 0 fully saturated rings. The van der Waals surface area contributed by atoms with Crippen LogP contribution in [0.25, 0.3) is 0 Å². The Morgan fingerprint density at radius 3 is 0.880 bits per heavy atom. The molecule has 0 bridgehead atoms. The van der Waals surface area contributed by atoms with Crippen LogP contribution in [-0.4, -0.2) is 11.7 Å². The lowest BCUT2D eigenvalue weighted by Crippen LogP contribution is -1.72. The monoisotopic (exact) mass is 342 g/mol. The molecule has 0 heterocycles. The van der Waals surface area contributed by atoms with Gasteiger partial charge >= 0.3 is 0 Å². The molecule has 0 aliphatic carbocycles. The smallest absolute Gasteiger partial charge is 0.0612 e. The van der Waals surface area contributed by atoms with Crippen LogP contribution in [0.4, 0.5) is 0 Å². The standard InChI is InChI=1S/C24H38O/c1-2-3-4-5-6-7-8-9-10-11-12-13-14-15-16-17-18-19-20-21-22-23-24-25/h2-3,6-7,10-11,14-15,18-19,22-23,25H,4-5,8-9,12-13,16-17,20-21,24H2,1H3. The van der Waals surface area contributed by atoms with Gasteiger partial charge in [-0.2, -0.15) is 0 Å². The lowest BCUT2D eigenvalue weighted by atomic mass is 10.2. The largest absolute Gasteiger partial charge is 0.392 e. The number of rotatable bonds is 16. The van der Waals surface area contributed by atoms with Crippen LogP contribution in [0.1, 0.15) is 71.1 Å². The first-order valence-corrected chi connectivity index (χ1v) is 9.88. The molecule has 0 amide bonds. The van der Waals surface area contributed by atoms with Crippen LogP contribution in [-0.2, 0) is 0 Å². The Bertz CT molecular complexity index is 421. The summed E-state index contributed by atoms with van der Waals surface area (Å²) in [5.74, 6) is 0. The van der Waals surface area contributed by atoms with Crippen molar-refractivity contribution in [3.05, 3.63) is 72.9 Å². The van der Waals surface area contributed by atoms with Gasteiger partial charge in [-0.1, -0.05) is 72.9 Å². The summed E-state index contributed by atoms with van der Waals surface area (Å²) in [5.41, 5.74) is 0. The fourth-order valence-corrected chi connectivity index (χ4v) is 2.26. The highest BCUT2D eigenvalue weighted by atomic mass is 16.2. The van der Waals surface area contributed by atoms with Gasteiger partial charge in [-0.3, -0.25) is 0 Å². The third-order valence-corrected chi connectivity index (χ3v) is 3.67. The van der Waals surface area contributed by atoms with E-state index in [2.05, 4.69) is 67.7 Å². The van der Waals surface area contributed by atoms with E-state index in [1.54, 1.807) is 6.08 Å². The van der Waals surface area contributed by atoms with Crippen LogP contribution < -0.4 is 0 Å². The first-order valence-electron chi connectivity index (χ1n) is 9.88. The van der Waals surface area contributed by atoms with Crippen molar-refractivity contribution >= 4 is 0 Å². The van der Waals surface area contributed by atoms with E-state index in [4.69, 9.17) is 5.11 Å². The molecule has 0 atom stereocenters. The van der Waals surface area contributed by atoms with Crippen molar-refractivity contribution in [1.29, 1.82) is 0 Å². The number of hydrogen-bond donors (Lipinski definition) is 1. The van der Waals surface area contributed by atoms with E-state index in [0.29, 0.717) is 0 Å². The molecule has 1 heteroatoms. The molecule has 1 N–H and O–H groups in total. The van der Waals surface area contributed by atoms with Crippen molar-refractivity contribution in [3.8, 4) is 0 Å². The van der Waals surface area contributed by atoms with Crippen LogP contribution in [0.15, 0.2) is 72.9 Å². The van der Waals surface area contributed by atoms with Crippen LogP contribution >= 0.6 is 0 Å². The maximum atomic E-state index is 8.60. The molecular formula is C24H38O. The molecule has 25 heavy (non-hydrogen) atoms. The van der Waals surface area contributed by atoms with Gasteiger partial charge in [0.25, 0.3) is 0 Å². The molecule has 0 saturated carbocycles. The minimum atomic E-state index is 0.151. The molecule has 0 rings (SSSR count). The van der Waals surface area contributed by atoms with Crippen molar-refractivity contribution in [2.24, 2.45) is 0 Å². The van der Waals surface area contributed by atoms with Gasteiger partial charge in [0.15, 0.2) is 0 Å². The van der Waals surface area contributed by atoms with Crippen LogP contribution in [0.5, 0.6) is 0 Å². The Labute approximate surface area is 156 Å². The second-order valence-electron chi connectivity index (χ2n) is 6.00. The highest BCUT2D eigenvalue weighted by molar-refractivity contribution is 4.93. The molecule has 0 spiro atoms. The van der Waals surface area contributed by atoms with Crippen molar-refractivity contribution in [1.82, 2.24) is 0 Å². The Morgan fingerprint density at radius 1 is 0.400 bits per heavy atom. The normalized spacial score (nSPS) is 13.2. The Balaban J connectivity index is 3.36. The number of allylic oxidation sites excluding steroid dienone is 11. The zero-order valence-corrected chi connectivity index (χ0v) is 16.2. The summed E-state index contributed by atoms with van der Waals surface area (Å²) in [7, 11) is 0. The highest BCUT2D eigenvalue weighted by Gasteiger charge is 1.81. The summed E-state index contributed by atoms with van der Waals surface area (Å²) in [5, 5.41) is 8.60. The molecule has 1 nitrogen and oxygen atoms in total. The quantitative estimate of drug-likeness (QED) is 0.231. The average molecular weight is 343 g/mol. The maximum Gasteiger partial charge on any atom is 0.0612 e. The van der Waals surface area contributed by atoms with Crippen molar-refractivity contribution < 1.29 is 5.11 Å². The zero-order chi connectivity index (χ0) is 18.3. The van der Waals surface area contributed by atoms with Gasteiger partial charge in [0.05, 0.1) is 6.61 Å². The molecule has 0 aromatic heterocycles. The summed E-state index contributed by atoms with van der Waals surface area (Å²) >= 11 is 0. The van der Waals surface area contributed by atoms with Gasteiger partial charge < -0.3 is 5.11 Å². The number of aliphatic hydroxyl groups is 1. The molecule has 140 valence electrons. The van der Waals surface area contributed by atoms with Gasteiger partial charge in [-0.25, -0.2) is 0 Å². The van der Waals surface area contributed by atoms with Crippen molar-refractivity contribution in [2.75, 3.05) is 6.61 Å². The Kier molecular flexibility index (Phi) is 21.0. The Hall–Kier alpha value is -1.60. The van der Waals surface area contributed by atoms with Gasteiger partial charge in [-0.05, 0) is 71.1 Å². The SMILES string of the molecule is CC=CCCC=CCCC=CCCC=CCCC=CCCC=CCO. The number of hydrogen-bond acceptors (Lipinski definition) is 1. The second kappa shape index (κ2) is 22.4. The summed E-state index contributed by atoms with van der Waals surface area (Å²) in [6.07, 6.45) is 37.7. The first-order chi connectivity index (χ1) is 12.4. The molecule has 0 saturated heterocycles. The minimum absolute atomic E-state index is 0.151. The summed E-state index contributed by atoms with van der Waals surface area (Å²) in [6, 6.07) is 0. The fraction of sp³-hybridized carbons (Fsp3) is 0.500. The van der Waals surface area contributed by atoms with E-state index in [1.807, 2.05) is 6.08 Å². The van der Waals surface area contributed by atoms with Crippen molar-refractivity contribution in [2.45, 2.75) is 71.1 Å². The zero-order valence-electron chi connectivity index (χ0n) is 16.2. The minimum Gasteiger partial charge on any atom is -0.392 e. The van der Waals surface area contributed by atoms with Crippen LogP contribution in [0.3, 0.4) is 0 Å². The third-order valence-electron chi connectivity index (χ3n) is 3.67. The molecule has 0 unspecified atom stereocenters. The third kappa shape index (κ3) is 22.4. The Morgan fingerprint density at radius 2 is 0.640 bits per heavy atom. The predicted octanol–water partition coefficient (Wildman–Crippen LogP) is 7.24. The first kappa shape index (κ1) is 23.4. The molecule has 0 aromatic rings. The van der Waals surface area contributed by atoms with Crippen LogP contribution in [0.2, 0.25) is 0 Å². The van der Waals surface area contributed by atoms with Crippen LogP contribution in [0, 0.1) is 0 Å². The van der Waals surface area contributed by atoms with E-state index in [9.17, 15) is 0 Å². The molecule has 0 aliphatic rings. The average Bonchev–Trinajstić information content (AvgIpc) is 2.63. The number of unbranched alkanes of at least 4 members (excludes halogenated alkanes) is 5. The van der Waals surface area contributed by atoms with Crippen molar-refractivity contribution in [3.63, 3.8) is 0 Å². The lowest BCUT2D eigenvalue weighted by Gasteiger charge is -1.91. The van der Waals surface area contributed by atoms with E-state index in [0.717, 1.165) is 64.2 Å². The van der Waals surface area contributed by atoms with Gasteiger partial charge in [0.1, 0.15) is 0 Å². The van der Waals surface area contributed by atoms with Gasteiger partial charge in [-0.15, -0.1) is 0 Å². The number of aliphatic hydroxyl groups excluding tert-OH is 1. The fourth-order valence-electron chi connectivity index (χ4n) is 2.26. The van der Waals surface area contributed by atoms with E-state index in [-0.39, 0.29) is 6.61 Å². The van der Waals surface area contributed by atoms with Gasteiger partial charge in [0.2, 0.25) is 0 Å². The topological polar surface area (TPSA) is 20.2 Å². The molecule has 0 aromatic carbocycles. The van der Waals surface area contributed by atoms with E-state index >= 15 is 0 Å². The van der Waals surface area contributed by atoms with E-state index in [1.165, 1.54) is 0 Å².